The predicted molar refractivity (Wildman–Crippen MR) is 59.6 cm³/mol. The van der Waals surface area contributed by atoms with Crippen LogP contribution >= 0.6 is 15.9 Å². The summed E-state index contributed by atoms with van der Waals surface area (Å²) in [5.41, 5.74) is 6.41. The highest BCUT2D eigenvalue weighted by Crippen LogP contribution is 2.13. The fourth-order valence-electron chi connectivity index (χ4n) is 1.27. The molecule has 6 heteroatoms. The molecule has 0 radical (unpaired) electrons. The van der Waals surface area contributed by atoms with Gasteiger partial charge < -0.3 is 5.73 Å². The Morgan fingerprint density at radius 3 is 2.67 bits per heavy atom. The quantitative estimate of drug-likeness (QED) is 0.898. The molecule has 0 amide bonds. The van der Waals surface area contributed by atoms with Crippen molar-refractivity contribution in [3.8, 4) is 5.69 Å². The van der Waals surface area contributed by atoms with Crippen LogP contribution in [0.4, 0.5) is 0 Å². The average molecular weight is 268 g/mol. The summed E-state index contributed by atoms with van der Waals surface area (Å²) in [6.07, 6.45) is 0.670. The maximum Gasteiger partial charge on any atom is 0.157 e. The predicted octanol–water partition coefficient (Wildman–Crippen LogP) is 0.926. The third-order valence-corrected chi connectivity index (χ3v) is 2.50. The molecule has 1 aromatic heterocycles. The van der Waals surface area contributed by atoms with Crippen LogP contribution in [0.5, 0.6) is 0 Å². The third kappa shape index (κ3) is 2.21. The SMILES string of the molecule is NCCc1nnnn1-c1ccc(Br)cc1. The Labute approximate surface area is 95.4 Å². The molecule has 0 fully saturated rings. The molecule has 0 unspecified atom stereocenters. The third-order valence-electron chi connectivity index (χ3n) is 1.97. The molecule has 0 saturated heterocycles. The number of hydrogen-bond acceptors (Lipinski definition) is 4. The van der Waals surface area contributed by atoms with Gasteiger partial charge in [-0.1, -0.05) is 15.9 Å². The molecule has 0 aliphatic carbocycles. The molecule has 1 aromatic carbocycles. The number of hydrogen-bond donors (Lipinski definition) is 1. The normalized spacial score (nSPS) is 10.5. The lowest BCUT2D eigenvalue weighted by Gasteiger charge is -2.02. The van der Waals surface area contributed by atoms with Crippen LogP contribution in [0.3, 0.4) is 0 Å². The maximum atomic E-state index is 5.47. The van der Waals surface area contributed by atoms with Gasteiger partial charge in [0.1, 0.15) is 0 Å². The molecule has 0 saturated carbocycles. The molecule has 2 rings (SSSR count). The Morgan fingerprint density at radius 1 is 1.27 bits per heavy atom. The van der Waals surface area contributed by atoms with Crippen LogP contribution in [-0.2, 0) is 6.42 Å². The first-order valence-electron chi connectivity index (χ1n) is 4.54. The molecule has 0 spiro atoms. The Balaban J connectivity index is 2.36. The van der Waals surface area contributed by atoms with Gasteiger partial charge in [0.15, 0.2) is 5.82 Å². The smallest absolute Gasteiger partial charge is 0.157 e. The molecular formula is C9H10BrN5. The van der Waals surface area contributed by atoms with Crippen molar-refractivity contribution < 1.29 is 0 Å². The van der Waals surface area contributed by atoms with Crippen molar-refractivity contribution in [1.82, 2.24) is 20.2 Å². The molecule has 78 valence electrons. The molecule has 0 aliphatic heterocycles. The van der Waals surface area contributed by atoms with Crippen LogP contribution in [0.2, 0.25) is 0 Å². The number of aromatic nitrogens is 4. The number of nitrogens with zero attached hydrogens (tertiary/aromatic N) is 4. The van der Waals surface area contributed by atoms with Crippen molar-refractivity contribution in [3.05, 3.63) is 34.6 Å². The van der Waals surface area contributed by atoms with E-state index in [1.54, 1.807) is 4.68 Å². The van der Waals surface area contributed by atoms with Gasteiger partial charge in [0.2, 0.25) is 0 Å². The first-order chi connectivity index (χ1) is 7.31. The molecular weight excluding hydrogens is 258 g/mol. The van der Waals surface area contributed by atoms with E-state index in [1.165, 1.54) is 0 Å². The highest BCUT2D eigenvalue weighted by molar-refractivity contribution is 9.10. The van der Waals surface area contributed by atoms with Gasteiger partial charge in [-0.05, 0) is 41.2 Å². The summed E-state index contributed by atoms with van der Waals surface area (Å²) in [7, 11) is 0. The number of tetrazole rings is 1. The number of nitrogens with two attached hydrogens (primary N) is 1. The number of rotatable bonds is 3. The highest BCUT2D eigenvalue weighted by atomic mass is 79.9. The highest BCUT2D eigenvalue weighted by Gasteiger charge is 2.06. The first-order valence-corrected chi connectivity index (χ1v) is 5.34. The lowest BCUT2D eigenvalue weighted by atomic mass is 10.3. The van der Waals surface area contributed by atoms with Crippen molar-refractivity contribution in [3.63, 3.8) is 0 Å². The van der Waals surface area contributed by atoms with Crippen molar-refractivity contribution >= 4 is 15.9 Å². The summed E-state index contributed by atoms with van der Waals surface area (Å²) in [6, 6.07) is 7.79. The molecule has 0 atom stereocenters. The van der Waals surface area contributed by atoms with Crippen LogP contribution < -0.4 is 5.73 Å². The van der Waals surface area contributed by atoms with Crippen LogP contribution in [-0.4, -0.2) is 26.8 Å². The Bertz CT molecular complexity index is 436. The van der Waals surface area contributed by atoms with Gasteiger partial charge in [-0.15, -0.1) is 5.10 Å². The summed E-state index contributed by atoms with van der Waals surface area (Å²) in [4.78, 5) is 0. The van der Waals surface area contributed by atoms with E-state index >= 15 is 0 Å². The van der Waals surface area contributed by atoms with Crippen LogP contribution in [0, 0.1) is 0 Å². The zero-order valence-electron chi connectivity index (χ0n) is 7.97. The van der Waals surface area contributed by atoms with E-state index in [1.807, 2.05) is 24.3 Å². The molecule has 1 heterocycles. The van der Waals surface area contributed by atoms with Crippen molar-refractivity contribution in [2.24, 2.45) is 5.73 Å². The van der Waals surface area contributed by atoms with E-state index in [9.17, 15) is 0 Å². The lowest BCUT2D eigenvalue weighted by molar-refractivity contribution is 0.755. The molecule has 2 N–H and O–H groups in total. The second-order valence-corrected chi connectivity index (χ2v) is 3.94. The number of benzene rings is 1. The minimum atomic E-state index is 0.539. The van der Waals surface area contributed by atoms with Crippen LogP contribution in [0.25, 0.3) is 5.69 Å². The van der Waals surface area contributed by atoms with E-state index in [0.29, 0.717) is 13.0 Å². The number of halogens is 1. The summed E-state index contributed by atoms with van der Waals surface area (Å²) in [5, 5.41) is 11.5. The van der Waals surface area contributed by atoms with Crippen molar-refractivity contribution in [2.45, 2.75) is 6.42 Å². The van der Waals surface area contributed by atoms with E-state index < -0.39 is 0 Å². The monoisotopic (exact) mass is 267 g/mol. The summed E-state index contributed by atoms with van der Waals surface area (Å²) in [5.74, 6) is 0.778. The van der Waals surface area contributed by atoms with Crippen molar-refractivity contribution in [2.75, 3.05) is 6.54 Å². The minimum Gasteiger partial charge on any atom is -0.330 e. The summed E-state index contributed by atoms with van der Waals surface area (Å²) < 4.78 is 2.72. The average Bonchev–Trinajstić information content (AvgIpc) is 2.68. The van der Waals surface area contributed by atoms with Gasteiger partial charge in [-0.25, -0.2) is 0 Å². The zero-order valence-corrected chi connectivity index (χ0v) is 9.55. The van der Waals surface area contributed by atoms with E-state index in [2.05, 4.69) is 31.5 Å². The Hall–Kier alpha value is -1.27. The van der Waals surface area contributed by atoms with Gasteiger partial charge in [0, 0.05) is 10.9 Å². The van der Waals surface area contributed by atoms with Gasteiger partial charge >= 0.3 is 0 Å². The first kappa shape index (κ1) is 10.3. The van der Waals surface area contributed by atoms with Gasteiger partial charge in [0.05, 0.1) is 5.69 Å². The molecule has 5 nitrogen and oxygen atoms in total. The Morgan fingerprint density at radius 2 is 2.00 bits per heavy atom. The largest absolute Gasteiger partial charge is 0.330 e. The van der Waals surface area contributed by atoms with Crippen molar-refractivity contribution in [1.29, 1.82) is 0 Å². The van der Waals surface area contributed by atoms with E-state index in [4.69, 9.17) is 5.73 Å². The van der Waals surface area contributed by atoms with Crippen LogP contribution in [0.15, 0.2) is 28.7 Å². The molecule has 15 heavy (non-hydrogen) atoms. The maximum absolute atomic E-state index is 5.47. The van der Waals surface area contributed by atoms with Gasteiger partial charge in [-0.2, -0.15) is 4.68 Å². The topological polar surface area (TPSA) is 69.6 Å². The molecule has 0 aliphatic rings. The lowest BCUT2D eigenvalue weighted by Crippen LogP contribution is -2.09. The van der Waals surface area contributed by atoms with Gasteiger partial charge in [0.25, 0.3) is 0 Å². The summed E-state index contributed by atoms with van der Waals surface area (Å²) >= 11 is 3.38. The van der Waals surface area contributed by atoms with E-state index in [-0.39, 0.29) is 0 Å². The fraction of sp³-hybridized carbons (Fsp3) is 0.222. The fourth-order valence-corrected chi connectivity index (χ4v) is 1.54. The summed E-state index contributed by atoms with van der Waals surface area (Å²) in [6.45, 7) is 0.539. The Kier molecular flexibility index (Phi) is 3.08. The zero-order chi connectivity index (χ0) is 10.7. The van der Waals surface area contributed by atoms with E-state index in [0.717, 1.165) is 16.0 Å². The molecule has 2 aromatic rings. The van der Waals surface area contributed by atoms with Crippen LogP contribution in [0.1, 0.15) is 5.82 Å². The standard InChI is InChI=1S/C9H10BrN5/c10-7-1-3-8(4-2-7)15-9(5-6-11)12-13-14-15/h1-4H,5-6,11H2. The van der Waals surface area contributed by atoms with Gasteiger partial charge in [-0.3, -0.25) is 0 Å². The second-order valence-electron chi connectivity index (χ2n) is 3.02. The second kappa shape index (κ2) is 4.50. The minimum absolute atomic E-state index is 0.539. The molecule has 0 bridgehead atoms.